The molecule has 0 fully saturated rings. The first-order valence-electron chi connectivity index (χ1n) is 5.66. The lowest BCUT2D eigenvalue weighted by molar-refractivity contribution is 0.735. The van der Waals surface area contributed by atoms with Crippen LogP contribution in [-0.2, 0) is 0 Å². The molecular weight excluding hydrogens is 204 g/mol. The van der Waals surface area contributed by atoms with Crippen molar-refractivity contribution in [3.8, 4) is 0 Å². The van der Waals surface area contributed by atoms with Gasteiger partial charge >= 0.3 is 0 Å². The quantitative estimate of drug-likeness (QED) is 0.562. The topological polar surface area (TPSA) is 24.1 Å². The molecule has 0 rings (SSSR count). The largest absolute Gasteiger partial charge is 0.320 e. The first kappa shape index (κ1) is 14.8. The van der Waals surface area contributed by atoms with Gasteiger partial charge in [0.15, 0.2) is 0 Å². The van der Waals surface area contributed by atoms with Crippen LogP contribution >= 0.6 is 11.8 Å². The summed E-state index contributed by atoms with van der Waals surface area (Å²) < 4.78 is 0. The van der Waals surface area contributed by atoms with Crippen molar-refractivity contribution in [3.05, 3.63) is 23.0 Å². The Morgan fingerprint density at radius 3 is 1.73 bits per heavy atom. The summed E-state index contributed by atoms with van der Waals surface area (Å²) in [6.45, 7) is 2.21. The van der Waals surface area contributed by atoms with Gasteiger partial charge in [-0.3, -0.25) is 0 Å². The van der Waals surface area contributed by atoms with E-state index in [1.54, 1.807) is 11.8 Å². The van der Waals surface area contributed by atoms with Crippen LogP contribution in [0.2, 0.25) is 0 Å². The molecule has 0 bridgehead atoms. The zero-order chi connectivity index (χ0) is 11.2. The maximum Gasteiger partial charge on any atom is -0.00490 e. The Hall–Kier alpha value is -0.250. The fraction of sp³-hybridized carbons (Fsp3) is 0.667. The SMILES string of the molecule is CNCCCC=CSC=CCCCNC. The van der Waals surface area contributed by atoms with E-state index in [2.05, 4.69) is 33.6 Å². The summed E-state index contributed by atoms with van der Waals surface area (Å²) in [6, 6.07) is 0. The maximum atomic E-state index is 3.14. The molecule has 0 radical (unpaired) electrons. The van der Waals surface area contributed by atoms with Gasteiger partial charge in [0, 0.05) is 0 Å². The standard InChI is InChI=1S/C12H24N2S/c1-13-9-5-3-7-11-15-12-8-4-6-10-14-2/h7-8,11-14H,3-6,9-10H2,1-2H3. The number of hydrogen-bond donors (Lipinski definition) is 2. The van der Waals surface area contributed by atoms with E-state index in [9.17, 15) is 0 Å². The van der Waals surface area contributed by atoms with E-state index in [4.69, 9.17) is 0 Å². The summed E-state index contributed by atoms with van der Waals surface area (Å²) in [4.78, 5) is 0. The van der Waals surface area contributed by atoms with E-state index in [-0.39, 0.29) is 0 Å². The molecule has 0 saturated heterocycles. The second-order valence-electron chi connectivity index (χ2n) is 3.37. The first-order valence-corrected chi connectivity index (χ1v) is 6.60. The smallest absolute Gasteiger partial charge is 0.00490 e. The second kappa shape index (κ2) is 13.8. The van der Waals surface area contributed by atoms with Crippen molar-refractivity contribution >= 4 is 11.8 Å². The fourth-order valence-electron chi connectivity index (χ4n) is 1.09. The highest BCUT2D eigenvalue weighted by Crippen LogP contribution is 2.06. The molecule has 0 aromatic rings. The molecule has 0 heterocycles. The number of nitrogens with one attached hydrogen (secondary N) is 2. The van der Waals surface area contributed by atoms with E-state index in [1.807, 2.05) is 14.1 Å². The second-order valence-corrected chi connectivity index (χ2v) is 4.19. The predicted molar refractivity (Wildman–Crippen MR) is 72.2 cm³/mol. The summed E-state index contributed by atoms with van der Waals surface area (Å²) in [5, 5.41) is 10.6. The highest BCUT2D eigenvalue weighted by Gasteiger charge is 1.81. The molecule has 0 amide bonds. The molecule has 0 spiro atoms. The highest BCUT2D eigenvalue weighted by atomic mass is 32.2. The van der Waals surface area contributed by atoms with Crippen LogP contribution < -0.4 is 10.6 Å². The van der Waals surface area contributed by atoms with Gasteiger partial charge in [-0.15, -0.1) is 11.8 Å². The minimum atomic E-state index is 1.11. The number of rotatable bonds is 10. The van der Waals surface area contributed by atoms with E-state index in [1.165, 1.54) is 25.7 Å². The van der Waals surface area contributed by atoms with E-state index in [0.29, 0.717) is 0 Å². The Balaban J connectivity index is 3.14. The molecule has 2 N–H and O–H groups in total. The van der Waals surface area contributed by atoms with Crippen LogP contribution in [0.15, 0.2) is 23.0 Å². The maximum absolute atomic E-state index is 3.14. The van der Waals surface area contributed by atoms with Gasteiger partial charge in [0.2, 0.25) is 0 Å². The van der Waals surface area contributed by atoms with E-state index >= 15 is 0 Å². The van der Waals surface area contributed by atoms with Gasteiger partial charge in [0.1, 0.15) is 0 Å². The fourth-order valence-corrected chi connectivity index (χ4v) is 1.67. The van der Waals surface area contributed by atoms with Gasteiger partial charge in [0.25, 0.3) is 0 Å². The van der Waals surface area contributed by atoms with Gasteiger partial charge in [-0.05, 0) is 63.7 Å². The summed E-state index contributed by atoms with van der Waals surface area (Å²) in [6.07, 6.45) is 9.25. The minimum absolute atomic E-state index is 1.11. The molecule has 3 heteroatoms. The third kappa shape index (κ3) is 13.8. The minimum Gasteiger partial charge on any atom is -0.320 e. The van der Waals surface area contributed by atoms with Crippen molar-refractivity contribution in [2.24, 2.45) is 0 Å². The van der Waals surface area contributed by atoms with Crippen molar-refractivity contribution in [3.63, 3.8) is 0 Å². The number of unbranched alkanes of at least 4 members (excludes halogenated alkanes) is 2. The summed E-state index contributed by atoms with van der Waals surface area (Å²) in [5.41, 5.74) is 0. The Morgan fingerprint density at radius 1 is 0.867 bits per heavy atom. The lowest BCUT2D eigenvalue weighted by atomic mass is 10.3. The monoisotopic (exact) mass is 228 g/mol. The molecule has 0 aliphatic rings. The van der Waals surface area contributed by atoms with Gasteiger partial charge in [0.05, 0.1) is 0 Å². The van der Waals surface area contributed by atoms with Crippen LogP contribution in [0.3, 0.4) is 0 Å². The lowest BCUT2D eigenvalue weighted by Gasteiger charge is -1.93. The average molecular weight is 228 g/mol. The van der Waals surface area contributed by atoms with E-state index in [0.717, 1.165) is 13.1 Å². The van der Waals surface area contributed by atoms with Crippen LogP contribution in [0.1, 0.15) is 25.7 Å². The Kier molecular flexibility index (Phi) is 13.5. The van der Waals surface area contributed by atoms with Crippen molar-refractivity contribution in [1.82, 2.24) is 10.6 Å². The molecule has 0 atom stereocenters. The molecule has 88 valence electrons. The molecule has 0 aromatic carbocycles. The Labute approximate surface area is 98.6 Å². The van der Waals surface area contributed by atoms with Crippen molar-refractivity contribution < 1.29 is 0 Å². The van der Waals surface area contributed by atoms with Crippen molar-refractivity contribution in [2.45, 2.75) is 25.7 Å². The average Bonchev–Trinajstić information content (AvgIpc) is 2.26. The third-order valence-corrected chi connectivity index (χ3v) is 2.64. The third-order valence-electron chi connectivity index (χ3n) is 1.94. The van der Waals surface area contributed by atoms with Crippen LogP contribution in [-0.4, -0.2) is 27.2 Å². The molecule has 0 aliphatic heterocycles. The zero-order valence-electron chi connectivity index (χ0n) is 9.96. The summed E-state index contributed by atoms with van der Waals surface area (Å²) >= 11 is 1.77. The molecule has 0 aliphatic carbocycles. The number of hydrogen-bond acceptors (Lipinski definition) is 3. The Bertz CT molecular complexity index is 149. The molecule has 0 unspecified atom stereocenters. The lowest BCUT2D eigenvalue weighted by Crippen LogP contribution is -2.06. The van der Waals surface area contributed by atoms with Crippen LogP contribution in [0, 0.1) is 0 Å². The molecular formula is C12H24N2S. The summed E-state index contributed by atoms with van der Waals surface area (Å²) in [5.74, 6) is 0. The highest BCUT2D eigenvalue weighted by molar-refractivity contribution is 8.04. The van der Waals surface area contributed by atoms with Crippen LogP contribution in [0.4, 0.5) is 0 Å². The molecule has 2 nitrogen and oxygen atoms in total. The van der Waals surface area contributed by atoms with Gasteiger partial charge in [-0.2, -0.15) is 0 Å². The Morgan fingerprint density at radius 2 is 1.33 bits per heavy atom. The van der Waals surface area contributed by atoms with Gasteiger partial charge in [-0.25, -0.2) is 0 Å². The zero-order valence-corrected chi connectivity index (χ0v) is 10.8. The van der Waals surface area contributed by atoms with Gasteiger partial charge < -0.3 is 10.6 Å². The summed E-state index contributed by atoms with van der Waals surface area (Å²) in [7, 11) is 3.98. The number of thioether (sulfide) groups is 1. The van der Waals surface area contributed by atoms with Crippen molar-refractivity contribution in [2.75, 3.05) is 27.2 Å². The number of allylic oxidation sites excluding steroid dienone is 2. The first-order chi connectivity index (χ1) is 7.41. The molecule has 15 heavy (non-hydrogen) atoms. The van der Waals surface area contributed by atoms with E-state index < -0.39 is 0 Å². The van der Waals surface area contributed by atoms with Crippen LogP contribution in [0.25, 0.3) is 0 Å². The van der Waals surface area contributed by atoms with Gasteiger partial charge in [-0.1, -0.05) is 12.2 Å². The van der Waals surface area contributed by atoms with Crippen LogP contribution in [0.5, 0.6) is 0 Å². The van der Waals surface area contributed by atoms with Crippen molar-refractivity contribution in [1.29, 1.82) is 0 Å². The molecule has 0 saturated carbocycles. The predicted octanol–water partition coefficient (Wildman–Crippen LogP) is 2.75. The normalized spacial score (nSPS) is 11.9. The molecule has 0 aromatic heterocycles.